The fourth-order valence-corrected chi connectivity index (χ4v) is 3.65. The van der Waals surface area contributed by atoms with Gasteiger partial charge in [0.25, 0.3) is 5.91 Å². The van der Waals surface area contributed by atoms with Crippen molar-refractivity contribution in [3.8, 4) is 5.75 Å². The van der Waals surface area contributed by atoms with E-state index in [1.807, 2.05) is 18.2 Å². The fourth-order valence-electron chi connectivity index (χ4n) is 1.89. The number of amides is 1. The lowest BCUT2D eigenvalue weighted by Crippen LogP contribution is -2.20. The zero-order valence-electron chi connectivity index (χ0n) is 13.0. The van der Waals surface area contributed by atoms with E-state index >= 15 is 0 Å². The van der Waals surface area contributed by atoms with Crippen LogP contribution in [-0.2, 0) is 10.5 Å². The predicted octanol–water partition coefficient (Wildman–Crippen LogP) is 3.99. The van der Waals surface area contributed by atoms with Gasteiger partial charge in [0.2, 0.25) is 5.13 Å². The summed E-state index contributed by atoms with van der Waals surface area (Å²) in [5.41, 5.74) is 0.601. The van der Waals surface area contributed by atoms with Crippen LogP contribution in [0.3, 0.4) is 0 Å². The number of hydrogen-bond acceptors (Lipinski definition) is 6. The molecule has 8 heteroatoms. The molecule has 0 saturated carbocycles. The smallest absolute Gasteiger partial charge is 0.264 e. The average Bonchev–Trinajstić information content (AvgIpc) is 3.07. The summed E-state index contributed by atoms with van der Waals surface area (Å²) in [6.45, 7) is -0.110. The van der Waals surface area contributed by atoms with Crippen LogP contribution >= 0.6 is 23.1 Å². The second kappa shape index (κ2) is 8.59. The number of carbonyl (C=O) groups is 1. The molecule has 0 bridgehead atoms. The van der Waals surface area contributed by atoms with Gasteiger partial charge < -0.3 is 4.74 Å². The molecule has 2 aromatic carbocycles. The summed E-state index contributed by atoms with van der Waals surface area (Å²) in [6.07, 6.45) is 0. The summed E-state index contributed by atoms with van der Waals surface area (Å²) in [5.74, 6) is 0.514. The van der Waals surface area contributed by atoms with E-state index < -0.39 is 0 Å². The van der Waals surface area contributed by atoms with Gasteiger partial charge in [-0.2, -0.15) is 0 Å². The molecule has 128 valence electrons. The van der Waals surface area contributed by atoms with E-state index in [2.05, 4.69) is 15.5 Å². The Morgan fingerprint density at radius 3 is 2.68 bits per heavy atom. The standard InChI is InChI=1S/C17H14FN3O2S2/c18-14-9-5-4-6-12(14)11-24-17-21-20-16(25-17)19-15(22)10-23-13-7-2-1-3-8-13/h1-9H,10-11H2,(H,19,20,22). The molecule has 0 saturated heterocycles. The van der Waals surface area contributed by atoms with Crippen LogP contribution in [0.1, 0.15) is 5.56 Å². The van der Waals surface area contributed by atoms with E-state index in [-0.39, 0.29) is 18.3 Å². The van der Waals surface area contributed by atoms with Crippen LogP contribution in [0.25, 0.3) is 0 Å². The molecule has 25 heavy (non-hydrogen) atoms. The van der Waals surface area contributed by atoms with Crippen molar-refractivity contribution < 1.29 is 13.9 Å². The van der Waals surface area contributed by atoms with Gasteiger partial charge in [-0.25, -0.2) is 4.39 Å². The number of carbonyl (C=O) groups excluding carboxylic acids is 1. The molecule has 0 aliphatic carbocycles. The highest BCUT2D eigenvalue weighted by molar-refractivity contribution is 8.00. The Labute approximate surface area is 152 Å². The van der Waals surface area contributed by atoms with Crippen LogP contribution in [-0.4, -0.2) is 22.7 Å². The first-order valence-corrected chi connectivity index (χ1v) is 9.18. The SMILES string of the molecule is O=C(COc1ccccc1)Nc1nnc(SCc2ccccc2F)s1. The molecule has 1 aromatic heterocycles. The van der Waals surface area contributed by atoms with Crippen molar-refractivity contribution in [3.63, 3.8) is 0 Å². The lowest BCUT2D eigenvalue weighted by molar-refractivity contribution is -0.118. The van der Waals surface area contributed by atoms with E-state index in [9.17, 15) is 9.18 Å². The van der Waals surface area contributed by atoms with Crippen molar-refractivity contribution in [2.24, 2.45) is 0 Å². The van der Waals surface area contributed by atoms with Gasteiger partial charge in [0.15, 0.2) is 10.9 Å². The van der Waals surface area contributed by atoms with Gasteiger partial charge in [-0.15, -0.1) is 10.2 Å². The Kier molecular flexibility index (Phi) is 5.97. The molecule has 0 aliphatic heterocycles. The monoisotopic (exact) mass is 375 g/mol. The largest absolute Gasteiger partial charge is 0.484 e. The molecule has 0 aliphatic rings. The molecular formula is C17H14FN3O2S2. The predicted molar refractivity (Wildman–Crippen MR) is 96.4 cm³/mol. The Morgan fingerprint density at radius 2 is 1.88 bits per heavy atom. The minimum absolute atomic E-state index is 0.110. The minimum Gasteiger partial charge on any atom is -0.484 e. The highest BCUT2D eigenvalue weighted by atomic mass is 32.2. The summed E-state index contributed by atoms with van der Waals surface area (Å²) in [6, 6.07) is 15.7. The van der Waals surface area contributed by atoms with Crippen molar-refractivity contribution in [2.75, 3.05) is 11.9 Å². The third-order valence-electron chi connectivity index (χ3n) is 3.07. The molecule has 0 radical (unpaired) electrons. The van der Waals surface area contributed by atoms with Gasteiger partial charge in [0, 0.05) is 5.75 Å². The van der Waals surface area contributed by atoms with E-state index in [4.69, 9.17) is 4.74 Å². The maximum Gasteiger partial charge on any atom is 0.264 e. The van der Waals surface area contributed by atoms with E-state index in [1.54, 1.807) is 30.3 Å². The summed E-state index contributed by atoms with van der Waals surface area (Å²) < 4.78 is 19.6. The Morgan fingerprint density at radius 1 is 1.12 bits per heavy atom. The van der Waals surface area contributed by atoms with Gasteiger partial charge in [-0.05, 0) is 23.8 Å². The minimum atomic E-state index is -0.314. The number of anilines is 1. The Bertz CT molecular complexity index is 843. The number of nitrogens with one attached hydrogen (secondary N) is 1. The maximum absolute atomic E-state index is 13.6. The zero-order chi connectivity index (χ0) is 17.5. The molecule has 3 aromatic rings. The van der Waals surface area contributed by atoms with Crippen LogP contribution in [0.15, 0.2) is 58.9 Å². The highest BCUT2D eigenvalue weighted by Gasteiger charge is 2.10. The molecule has 0 atom stereocenters. The Balaban J connectivity index is 1.48. The van der Waals surface area contributed by atoms with Gasteiger partial charge in [0.05, 0.1) is 0 Å². The van der Waals surface area contributed by atoms with E-state index in [0.29, 0.717) is 26.5 Å². The molecule has 0 fully saturated rings. The van der Waals surface area contributed by atoms with Crippen molar-refractivity contribution in [2.45, 2.75) is 10.1 Å². The third-order valence-corrected chi connectivity index (χ3v) is 5.10. The normalized spacial score (nSPS) is 10.4. The van der Waals surface area contributed by atoms with Crippen molar-refractivity contribution >= 4 is 34.1 Å². The first-order chi connectivity index (χ1) is 12.2. The van der Waals surface area contributed by atoms with Crippen molar-refractivity contribution in [1.82, 2.24) is 10.2 Å². The summed E-state index contributed by atoms with van der Waals surface area (Å²) in [5, 5.41) is 10.9. The number of ether oxygens (including phenoxy) is 1. The number of hydrogen-bond donors (Lipinski definition) is 1. The van der Waals surface area contributed by atoms with Crippen LogP contribution in [0.4, 0.5) is 9.52 Å². The van der Waals surface area contributed by atoms with Gasteiger partial charge in [-0.1, -0.05) is 59.5 Å². The average molecular weight is 375 g/mol. The summed E-state index contributed by atoms with van der Waals surface area (Å²) in [7, 11) is 0. The number of halogens is 1. The van der Waals surface area contributed by atoms with Crippen LogP contribution in [0, 0.1) is 5.82 Å². The number of thioether (sulfide) groups is 1. The summed E-state index contributed by atoms with van der Waals surface area (Å²) >= 11 is 2.61. The molecule has 1 amide bonds. The van der Waals surface area contributed by atoms with Crippen molar-refractivity contribution in [3.05, 3.63) is 66.0 Å². The Hall–Kier alpha value is -2.45. The van der Waals surface area contributed by atoms with Crippen LogP contribution in [0.2, 0.25) is 0 Å². The molecule has 0 unspecified atom stereocenters. The molecule has 1 N–H and O–H groups in total. The number of nitrogens with zero attached hydrogens (tertiary/aromatic N) is 2. The van der Waals surface area contributed by atoms with Gasteiger partial charge in [-0.3, -0.25) is 10.1 Å². The molecule has 1 heterocycles. The fraction of sp³-hybridized carbons (Fsp3) is 0.118. The maximum atomic E-state index is 13.6. The first-order valence-electron chi connectivity index (χ1n) is 7.38. The van der Waals surface area contributed by atoms with Crippen LogP contribution < -0.4 is 10.1 Å². The second-order valence-electron chi connectivity index (χ2n) is 4.90. The quantitative estimate of drug-likeness (QED) is 0.500. The van der Waals surface area contributed by atoms with E-state index in [0.717, 1.165) is 0 Å². The molecule has 5 nitrogen and oxygen atoms in total. The number of aromatic nitrogens is 2. The molecule has 3 rings (SSSR count). The topological polar surface area (TPSA) is 64.1 Å². The molecule has 0 spiro atoms. The summed E-state index contributed by atoms with van der Waals surface area (Å²) in [4.78, 5) is 11.9. The second-order valence-corrected chi connectivity index (χ2v) is 7.10. The lowest BCUT2D eigenvalue weighted by Gasteiger charge is -2.04. The lowest BCUT2D eigenvalue weighted by atomic mass is 10.2. The van der Waals surface area contributed by atoms with Crippen molar-refractivity contribution in [1.29, 1.82) is 0 Å². The number of para-hydroxylation sites is 1. The van der Waals surface area contributed by atoms with Gasteiger partial charge >= 0.3 is 0 Å². The van der Waals surface area contributed by atoms with Crippen LogP contribution in [0.5, 0.6) is 5.75 Å². The van der Waals surface area contributed by atoms with Gasteiger partial charge in [0.1, 0.15) is 11.6 Å². The first kappa shape index (κ1) is 17.4. The number of rotatable bonds is 7. The molecular weight excluding hydrogens is 361 g/mol. The number of benzene rings is 2. The van der Waals surface area contributed by atoms with E-state index in [1.165, 1.54) is 29.2 Å². The zero-order valence-corrected chi connectivity index (χ0v) is 14.6. The highest BCUT2D eigenvalue weighted by Crippen LogP contribution is 2.28. The third kappa shape index (κ3) is 5.27.